The molecular formula is C11H16BrIN4O. The normalized spacial score (nSPS) is 19.7. The van der Waals surface area contributed by atoms with Crippen molar-refractivity contribution in [3.8, 4) is 0 Å². The minimum atomic E-state index is -1.14. The van der Waals surface area contributed by atoms with Crippen LogP contribution in [0.4, 0.5) is 0 Å². The minimum Gasteiger partial charge on any atom is -0.382 e. The molecule has 0 aromatic carbocycles. The first-order valence-corrected chi connectivity index (χ1v) is 7.44. The van der Waals surface area contributed by atoms with Crippen LogP contribution in [0.15, 0.2) is 15.2 Å². The molecule has 5 nitrogen and oxygen atoms in total. The van der Waals surface area contributed by atoms with Gasteiger partial charge in [-0.3, -0.25) is 10.4 Å². The average molecular weight is 427 g/mol. The van der Waals surface area contributed by atoms with E-state index in [4.69, 9.17) is 10.8 Å². The number of aliphatic imine (C=N–C) groups is 1. The topological polar surface area (TPSA) is 92.3 Å². The molecule has 18 heavy (non-hydrogen) atoms. The quantitative estimate of drug-likeness (QED) is 0.298. The van der Waals surface area contributed by atoms with Crippen LogP contribution in [0, 0.1) is 10.8 Å². The molecule has 100 valence electrons. The maximum Gasteiger partial charge on any atom is 0.127 e. The number of halogens is 2. The van der Waals surface area contributed by atoms with Gasteiger partial charge in [-0.1, -0.05) is 0 Å². The van der Waals surface area contributed by atoms with Crippen molar-refractivity contribution in [1.82, 2.24) is 5.32 Å². The molecule has 0 aromatic heterocycles. The van der Waals surface area contributed by atoms with Crippen molar-refractivity contribution in [2.24, 2.45) is 4.99 Å². The molecule has 0 bridgehead atoms. The second kappa shape index (κ2) is 7.34. The van der Waals surface area contributed by atoms with Gasteiger partial charge >= 0.3 is 0 Å². The van der Waals surface area contributed by atoms with Crippen LogP contribution in [-0.4, -0.2) is 39.9 Å². The van der Waals surface area contributed by atoms with Crippen molar-refractivity contribution in [3.63, 3.8) is 0 Å². The predicted molar refractivity (Wildman–Crippen MR) is 86.6 cm³/mol. The molecule has 4 N–H and O–H groups in total. The largest absolute Gasteiger partial charge is 0.382 e. The fourth-order valence-electron chi connectivity index (χ4n) is 1.47. The molecule has 0 saturated heterocycles. The van der Waals surface area contributed by atoms with Crippen LogP contribution in [0.5, 0.6) is 0 Å². The molecule has 7 heteroatoms. The van der Waals surface area contributed by atoms with Crippen molar-refractivity contribution < 1.29 is 5.11 Å². The fraction of sp³-hybridized carbons (Fsp3) is 0.545. The zero-order chi connectivity index (χ0) is 13.7. The molecule has 0 spiro atoms. The molecule has 1 fully saturated rings. The zero-order valence-electron chi connectivity index (χ0n) is 10.0. The molecule has 0 aromatic rings. The Morgan fingerprint density at radius 2 is 2.22 bits per heavy atom. The van der Waals surface area contributed by atoms with Gasteiger partial charge in [0.1, 0.15) is 9.82 Å². The van der Waals surface area contributed by atoms with Crippen LogP contribution in [0.1, 0.15) is 19.3 Å². The Balaban J connectivity index is 2.82. The van der Waals surface area contributed by atoms with Gasteiger partial charge in [0.2, 0.25) is 0 Å². The van der Waals surface area contributed by atoms with Crippen LogP contribution in [-0.2, 0) is 0 Å². The highest BCUT2D eigenvalue weighted by Gasteiger charge is 2.23. The van der Waals surface area contributed by atoms with Gasteiger partial charge in [-0.25, -0.2) is 0 Å². The fourth-order valence-corrected chi connectivity index (χ4v) is 2.42. The van der Waals surface area contributed by atoms with E-state index in [1.807, 2.05) is 22.6 Å². The molecule has 1 aliphatic rings. The smallest absolute Gasteiger partial charge is 0.127 e. The summed E-state index contributed by atoms with van der Waals surface area (Å²) in [5.74, 6) is 0. The Labute approximate surface area is 128 Å². The van der Waals surface area contributed by atoms with E-state index in [2.05, 4.69) is 26.2 Å². The third-order valence-corrected chi connectivity index (χ3v) is 4.58. The maximum absolute atomic E-state index is 10.1. The number of hydrogen-bond donors (Lipinski definition) is 4. The van der Waals surface area contributed by atoms with Crippen molar-refractivity contribution in [3.05, 3.63) is 10.2 Å². The molecular weight excluding hydrogens is 411 g/mol. The third kappa shape index (κ3) is 3.86. The lowest BCUT2D eigenvalue weighted by atomic mass is 9.93. The third-order valence-electron chi connectivity index (χ3n) is 2.83. The summed E-state index contributed by atoms with van der Waals surface area (Å²) in [6, 6.07) is 0.398. The summed E-state index contributed by atoms with van der Waals surface area (Å²) in [7, 11) is 1.57. The lowest BCUT2D eigenvalue weighted by Gasteiger charge is -2.28. The van der Waals surface area contributed by atoms with Crippen molar-refractivity contribution in [2.75, 3.05) is 7.05 Å². The molecule has 0 heterocycles. The van der Waals surface area contributed by atoms with E-state index < -0.39 is 6.10 Å². The lowest BCUT2D eigenvalue weighted by Crippen LogP contribution is -2.36. The SMILES string of the molecule is C/N=C(/I)C(=N)C(O)/C(C=N)=C(\Br)NC1CCC1. The van der Waals surface area contributed by atoms with Gasteiger partial charge in [0.05, 0.1) is 10.3 Å². The van der Waals surface area contributed by atoms with E-state index in [1.165, 1.54) is 6.42 Å². The lowest BCUT2D eigenvalue weighted by molar-refractivity contribution is 0.282. The van der Waals surface area contributed by atoms with E-state index in [0.29, 0.717) is 19.9 Å². The molecule has 0 radical (unpaired) electrons. The Morgan fingerprint density at radius 1 is 1.61 bits per heavy atom. The van der Waals surface area contributed by atoms with Crippen molar-refractivity contribution in [1.29, 1.82) is 10.8 Å². The van der Waals surface area contributed by atoms with Crippen molar-refractivity contribution >= 4 is 54.2 Å². The monoisotopic (exact) mass is 426 g/mol. The van der Waals surface area contributed by atoms with Gasteiger partial charge in [0, 0.05) is 24.9 Å². The Bertz CT molecular complexity index is 404. The molecule has 1 aliphatic carbocycles. The maximum atomic E-state index is 10.1. The van der Waals surface area contributed by atoms with Gasteiger partial charge in [-0.2, -0.15) is 0 Å². The Hall–Kier alpha value is -0.280. The summed E-state index contributed by atoms with van der Waals surface area (Å²) in [4.78, 5) is 3.86. The van der Waals surface area contributed by atoms with Gasteiger partial charge < -0.3 is 15.8 Å². The van der Waals surface area contributed by atoms with Crippen molar-refractivity contribution in [2.45, 2.75) is 31.4 Å². The highest BCUT2D eigenvalue weighted by Crippen LogP contribution is 2.22. The number of nitrogens with zero attached hydrogens (tertiary/aromatic N) is 1. The molecule has 1 unspecified atom stereocenters. The van der Waals surface area contributed by atoms with Crippen LogP contribution in [0.25, 0.3) is 0 Å². The second-order valence-corrected chi connectivity index (χ2v) is 5.83. The van der Waals surface area contributed by atoms with Gasteiger partial charge in [0.15, 0.2) is 0 Å². The molecule has 0 amide bonds. The number of aliphatic hydroxyl groups is 1. The summed E-state index contributed by atoms with van der Waals surface area (Å²) in [6.45, 7) is 0. The average Bonchev–Trinajstić information content (AvgIpc) is 2.32. The van der Waals surface area contributed by atoms with Gasteiger partial charge in [-0.05, 0) is 57.8 Å². The first-order valence-electron chi connectivity index (χ1n) is 5.57. The molecule has 0 aliphatic heterocycles. The van der Waals surface area contributed by atoms with E-state index in [0.717, 1.165) is 19.1 Å². The second-order valence-electron chi connectivity index (χ2n) is 4.02. The predicted octanol–water partition coefficient (Wildman–Crippen LogP) is 2.23. The van der Waals surface area contributed by atoms with Crippen LogP contribution in [0.2, 0.25) is 0 Å². The first-order chi connectivity index (χ1) is 8.51. The summed E-state index contributed by atoms with van der Waals surface area (Å²) in [6.07, 6.45) is 3.33. The number of aliphatic hydroxyl groups excluding tert-OH is 1. The highest BCUT2D eigenvalue weighted by atomic mass is 127. The standard InChI is InChI=1S/C11H16BrIN4O/c1-16-11(13)8(15)9(18)7(5-14)10(12)17-6-3-2-4-6/h5-6,9,14-15,17-18H,2-4H2,1H3/b10-7+,14-5?,15-8?,16-11+. The van der Waals surface area contributed by atoms with E-state index in [-0.39, 0.29) is 5.71 Å². The van der Waals surface area contributed by atoms with Crippen LogP contribution < -0.4 is 5.32 Å². The van der Waals surface area contributed by atoms with E-state index in [9.17, 15) is 5.11 Å². The summed E-state index contributed by atoms with van der Waals surface area (Å²) in [5.41, 5.74) is 0.355. The van der Waals surface area contributed by atoms with E-state index >= 15 is 0 Å². The molecule has 1 atom stereocenters. The Kier molecular flexibility index (Phi) is 6.44. The minimum absolute atomic E-state index is 0.00367. The molecule has 1 rings (SSSR count). The van der Waals surface area contributed by atoms with E-state index in [1.54, 1.807) is 7.05 Å². The van der Waals surface area contributed by atoms with Crippen LogP contribution >= 0.6 is 38.5 Å². The summed E-state index contributed by atoms with van der Waals surface area (Å²) in [5, 5.41) is 28.4. The summed E-state index contributed by atoms with van der Waals surface area (Å²) >= 11 is 5.23. The van der Waals surface area contributed by atoms with Gasteiger partial charge in [-0.15, -0.1) is 0 Å². The Morgan fingerprint density at radius 3 is 2.61 bits per heavy atom. The highest BCUT2D eigenvalue weighted by molar-refractivity contribution is 14.1. The molecule has 1 saturated carbocycles. The number of rotatable bonds is 6. The summed E-state index contributed by atoms with van der Waals surface area (Å²) < 4.78 is 1.02. The number of nitrogens with one attached hydrogen (secondary N) is 3. The number of hydrogen-bond acceptors (Lipinski definition) is 5. The first kappa shape index (κ1) is 15.8. The zero-order valence-corrected chi connectivity index (χ0v) is 13.7. The van der Waals surface area contributed by atoms with Crippen LogP contribution in [0.3, 0.4) is 0 Å². The van der Waals surface area contributed by atoms with Gasteiger partial charge in [0.25, 0.3) is 0 Å².